The van der Waals surface area contributed by atoms with Crippen LogP contribution < -0.4 is 9.47 Å². The summed E-state index contributed by atoms with van der Waals surface area (Å²) >= 11 is 0. The predicted molar refractivity (Wildman–Crippen MR) is 126 cm³/mol. The Bertz CT molecular complexity index is 691. The van der Waals surface area contributed by atoms with Gasteiger partial charge in [-0.1, -0.05) is 45.4 Å². The third-order valence-corrected chi connectivity index (χ3v) is 8.38. The van der Waals surface area contributed by atoms with E-state index in [1.54, 1.807) is 0 Å². The Morgan fingerprint density at radius 3 is 2.41 bits per heavy atom. The maximum Gasteiger partial charge on any atom is 0.241 e. The van der Waals surface area contributed by atoms with Crippen molar-refractivity contribution in [3.8, 4) is 11.5 Å². The minimum Gasteiger partial charge on any atom is -0.493 e. The molecular weight excluding hydrogens is 406 g/mol. The van der Waals surface area contributed by atoms with Gasteiger partial charge in [-0.05, 0) is 92.9 Å². The van der Waals surface area contributed by atoms with E-state index in [1.165, 1.54) is 56.9 Å². The highest BCUT2D eigenvalue weighted by atomic mass is 19.3. The summed E-state index contributed by atoms with van der Waals surface area (Å²) in [7, 11) is 0. The first-order chi connectivity index (χ1) is 15.6. The van der Waals surface area contributed by atoms with Crippen LogP contribution in [0.25, 0.3) is 0 Å². The topological polar surface area (TPSA) is 18.5 Å². The van der Waals surface area contributed by atoms with E-state index in [2.05, 4.69) is 19.1 Å². The van der Waals surface area contributed by atoms with Gasteiger partial charge in [-0.2, -0.15) is 0 Å². The first kappa shape index (κ1) is 23.8. The van der Waals surface area contributed by atoms with Crippen LogP contribution in [0.2, 0.25) is 0 Å². The number of benzene rings is 1. The molecule has 0 N–H and O–H groups in total. The average Bonchev–Trinajstić information content (AvgIpc) is 2.83. The lowest BCUT2D eigenvalue weighted by molar-refractivity contribution is 0.0197. The molecule has 180 valence electrons. The monoisotopic (exact) mass is 448 g/mol. The quantitative estimate of drug-likeness (QED) is 0.354. The zero-order valence-corrected chi connectivity index (χ0v) is 19.9. The summed E-state index contributed by atoms with van der Waals surface area (Å²) in [5.41, 5.74) is 1.24. The van der Waals surface area contributed by atoms with Crippen molar-refractivity contribution in [1.29, 1.82) is 0 Å². The van der Waals surface area contributed by atoms with Gasteiger partial charge in [0.25, 0.3) is 0 Å². The number of halogens is 2. The lowest BCUT2D eigenvalue weighted by Crippen LogP contribution is -2.34. The number of unbranched alkanes of at least 4 members (excludes halogenated alkanes) is 2. The molecule has 1 aromatic carbocycles. The molecule has 0 saturated heterocycles. The highest BCUT2D eigenvalue weighted by Gasteiger charge is 2.34. The summed E-state index contributed by atoms with van der Waals surface area (Å²) in [6, 6.07) is 6.27. The van der Waals surface area contributed by atoms with Crippen LogP contribution in [0.4, 0.5) is 8.78 Å². The van der Waals surface area contributed by atoms with Gasteiger partial charge >= 0.3 is 0 Å². The fraction of sp³-hybridized carbons (Fsp3) is 0.786. The number of alkyl halides is 2. The molecule has 2 aliphatic carbocycles. The summed E-state index contributed by atoms with van der Waals surface area (Å²) in [4.78, 5) is 0. The van der Waals surface area contributed by atoms with Crippen molar-refractivity contribution in [1.82, 2.24) is 0 Å². The van der Waals surface area contributed by atoms with Gasteiger partial charge in [-0.25, -0.2) is 8.78 Å². The standard InChI is InChI=1S/C28H42F2O2/c1-2-3-4-5-20-6-8-21(9-7-20)19-31-25-15-17-27-24(18-25)14-16-26(32-27)22-10-12-23(13-11-22)28(29)30/h15,17-18,20-23,26,28H,2-14,16,19H2,1H3. The van der Waals surface area contributed by atoms with E-state index in [1.807, 2.05) is 6.07 Å². The fourth-order valence-corrected chi connectivity index (χ4v) is 6.16. The molecule has 1 unspecified atom stereocenters. The number of aryl methyl sites for hydroxylation is 1. The molecule has 2 nitrogen and oxygen atoms in total. The van der Waals surface area contributed by atoms with E-state index in [-0.39, 0.29) is 6.10 Å². The molecular formula is C28H42F2O2. The van der Waals surface area contributed by atoms with Crippen molar-refractivity contribution in [2.75, 3.05) is 6.61 Å². The summed E-state index contributed by atoms with van der Waals surface area (Å²) in [5, 5.41) is 0. The summed E-state index contributed by atoms with van der Waals surface area (Å²) in [6.07, 6.45) is 13.9. The van der Waals surface area contributed by atoms with Gasteiger partial charge in [0.1, 0.15) is 17.6 Å². The van der Waals surface area contributed by atoms with Crippen molar-refractivity contribution in [3.63, 3.8) is 0 Å². The van der Waals surface area contributed by atoms with Crippen molar-refractivity contribution in [2.45, 2.75) is 109 Å². The van der Waals surface area contributed by atoms with Crippen LogP contribution in [-0.2, 0) is 6.42 Å². The zero-order valence-electron chi connectivity index (χ0n) is 19.9. The van der Waals surface area contributed by atoms with Crippen LogP contribution in [-0.4, -0.2) is 19.1 Å². The molecule has 0 spiro atoms. The van der Waals surface area contributed by atoms with E-state index in [4.69, 9.17) is 9.47 Å². The minimum absolute atomic E-state index is 0.181. The van der Waals surface area contributed by atoms with Gasteiger partial charge < -0.3 is 9.47 Å². The Kier molecular flexibility index (Phi) is 8.71. The van der Waals surface area contributed by atoms with E-state index in [0.29, 0.717) is 24.7 Å². The van der Waals surface area contributed by atoms with Gasteiger partial charge in [0.05, 0.1) is 6.61 Å². The molecule has 1 atom stereocenters. The maximum absolute atomic E-state index is 12.9. The molecule has 1 heterocycles. The van der Waals surface area contributed by atoms with Crippen molar-refractivity contribution >= 4 is 0 Å². The van der Waals surface area contributed by atoms with E-state index in [9.17, 15) is 8.78 Å². The molecule has 1 aromatic rings. The number of hydrogen-bond donors (Lipinski definition) is 0. The van der Waals surface area contributed by atoms with Gasteiger partial charge in [0.2, 0.25) is 6.43 Å². The smallest absolute Gasteiger partial charge is 0.241 e. The van der Waals surface area contributed by atoms with Crippen LogP contribution in [0.1, 0.15) is 96.0 Å². The van der Waals surface area contributed by atoms with Crippen LogP contribution in [0.5, 0.6) is 11.5 Å². The molecule has 32 heavy (non-hydrogen) atoms. The zero-order chi connectivity index (χ0) is 22.3. The van der Waals surface area contributed by atoms with Crippen molar-refractivity contribution in [3.05, 3.63) is 23.8 Å². The average molecular weight is 449 g/mol. The normalized spacial score (nSPS) is 30.6. The van der Waals surface area contributed by atoms with Crippen LogP contribution >= 0.6 is 0 Å². The second-order valence-corrected chi connectivity index (χ2v) is 10.7. The molecule has 4 heteroatoms. The molecule has 0 radical (unpaired) electrons. The second-order valence-electron chi connectivity index (χ2n) is 10.7. The fourth-order valence-electron chi connectivity index (χ4n) is 6.16. The second kappa shape index (κ2) is 11.7. The molecule has 0 bridgehead atoms. The number of fused-ring (bicyclic) bond motifs is 1. The molecule has 4 rings (SSSR count). The lowest BCUT2D eigenvalue weighted by Gasteiger charge is -2.36. The highest BCUT2D eigenvalue weighted by molar-refractivity contribution is 5.41. The lowest BCUT2D eigenvalue weighted by atomic mass is 9.77. The SMILES string of the molecule is CCCCCC1CCC(COc2ccc3c(c2)CCC(C2CCC(C(F)F)CC2)O3)CC1. The van der Waals surface area contributed by atoms with Gasteiger partial charge in [-0.3, -0.25) is 0 Å². The third-order valence-electron chi connectivity index (χ3n) is 8.38. The van der Waals surface area contributed by atoms with Gasteiger partial charge in [-0.15, -0.1) is 0 Å². The Labute approximate surface area is 193 Å². The first-order valence-corrected chi connectivity index (χ1v) is 13.3. The van der Waals surface area contributed by atoms with Crippen LogP contribution in [0, 0.1) is 23.7 Å². The highest BCUT2D eigenvalue weighted by Crippen LogP contribution is 2.40. The largest absolute Gasteiger partial charge is 0.493 e. The summed E-state index contributed by atoms with van der Waals surface area (Å²) in [6.45, 7) is 3.11. The van der Waals surface area contributed by atoms with E-state index in [0.717, 1.165) is 49.7 Å². The maximum atomic E-state index is 12.9. The molecule has 3 aliphatic rings. The summed E-state index contributed by atoms with van der Waals surface area (Å²) < 4.78 is 38.4. The van der Waals surface area contributed by atoms with Crippen molar-refractivity contribution < 1.29 is 18.3 Å². The molecule has 0 aromatic heterocycles. The molecule has 1 aliphatic heterocycles. The number of rotatable bonds is 9. The van der Waals surface area contributed by atoms with Crippen LogP contribution in [0.15, 0.2) is 18.2 Å². The van der Waals surface area contributed by atoms with E-state index >= 15 is 0 Å². The Balaban J connectivity index is 1.20. The number of hydrogen-bond acceptors (Lipinski definition) is 2. The Morgan fingerprint density at radius 1 is 0.938 bits per heavy atom. The molecule has 0 amide bonds. The van der Waals surface area contributed by atoms with E-state index < -0.39 is 12.3 Å². The Morgan fingerprint density at radius 2 is 1.69 bits per heavy atom. The minimum atomic E-state index is -2.16. The Hall–Kier alpha value is -1.32. The van der Waals surface area contributed by atoms with Crippen molar-refractivity contribution in [2.24, 2.45) is 23.7 Å². The molecule has 2 saturated carbocycles. The van der Waals surface area contributed by atoms with Gasteiger partial charge in [0, 0.05) is 5.92 Å². The first-order valence-electron chi connectivity index (χ1n) is 13.3. The number of ether oxygens (including phenoxy) is 2. The predicted octanol–water partition coefficient (Wildman–Crippen LogP) is 8.22. The summed E-state index contributed by atoms with van der Waals surface area (Å²) in [5.74, 6) is 3.59. The van der Waals surface area contributed by atoms with Gasteiger partial charge in [0.15, 0.2) is 0 Å². The molecule has 2 fully saturated rings. The third kappa shape index (κ3) is 6.38. The van der Waals surface area contributed by atoms with Crippen LogP contribution in [0.3, 0.4) is 0 Å².